The monoisotopic (exact) mass is 284 g/mol. The standard InChI is InChI=1S/C16H12O5/c17-13-7-5-12(6-8-13)16(20)21-14-3-1-2-11(10-14)4-9-15(18)19/h1-10,17H,(H,18,19)/b9-4+. The second-order valence-electron chi connectivity index (χ2n) is 4.18. The summed E-state index contributed by atoms with van der Waals surface area (Å²) in [5.41, 5.74) is 0.910. The van der Waals surface area contributed by atoms with Gasteiger partial charge in [0.2, 0.25) is 0 Å². The minimum absolute atomic E-state index is 0.0624. The van der Waals surface area contributed by atoms with Crippen molar-refractivity contribution < 1.29 is 24.5 Å². The number of hydrogen-bond donors (Lipinski definition) is 2. The van der Waals surface area contributed by atoms with Crippen LogP contribution in [0.1, 0.15) is 15.9 Å². The number of phenolic OH excluding ortho intramolecular Hbond substituents is 1. The van der Waals surface area contributed by atoms with Crippen LogP contribution in [-0.4, -0.2) is 22.2 Å². The summed E-state index contributed by atoms with van der Waals surface area (Å²) in [6.45, 7) is 0. The Labute approximate surface area is 120 Å². The number of ether oxygens (including phenoxy) is 1. The molecule has 0 fully saturated rings. The van der Waals surface area contributed by atoms with Gasteiger partial charge in [0.15, 0.2) is 0 Å². The van der Waals surface area contributed by atoms with Gasteiger partial charge in [-0.1, -0.05) is 12.1 Å². The molecule has 0 spiro atoms. The Morgan fingerprint density at radius 2 is 1.76 bits per heavy atom. The van der Waals surface area contributed by atoms with Crippen LogP contribution in [0.15, 0.2) is 54.6 Å². The molecule has 0 saturated heterocycles. The minimum atomic E-state index is -1.05. The zero-order valence-corrected chi connectivity index (χ0v) is 10.9. The molecule has 0 amide bonds. The van der Waals surface area contributed by atoms with E-state index in [1.807, 2.05) is 0 Å². The van der Waals surface area contributed by atoms with Crippen molar-refractivity contribution in [1.82, 2.24) is 0 Å². The lowest BCUT2D eigenvalue weighted by Gasteiger charge is -2.05. The van der Waals surface area contributed by atoms with Gasteiger partial charge in [-0.15, -0.1) is 0 Å². The van der Waals surface area contributed by atoms with Gasteiger partial charge in [-0.2, -0.15) is 0 Å². The number of phenols is 1. The Kier molecular flexibility index (Phi) is 4.36. The number of aromatic hydroxyl groups is 1. The van der Waals surface area contributed by atoms with E-state index in [1.54, 1.807) is 24.3 Å². The third-order valence-corrected chi connectivity index (χ3v) is 2.59. The third-order valence-electron chi connectivity index (χ3n) is 2.59. The largest absolute Gasteiger partial charge is 0.508 e. The highest BCUT2D eigenvalue weighted by Crippen LogP contribution is 2.17. The summed E-state index contributed by atoms with van der Waals surface area (Å²) in [5, 5.41) is 17.7. The first kappa shape index (κ1) is 14.3. The lowest BCUT2D eigenvalue weighted by atomic mass is 10.2. The van der Waals surface area contributed by atoms with Crippen LogP contribution in [0.2, 0.25) is 0 Å². The maximum absolute atomic E-state index is 11.9. The van der Waals surface area contributed by atoms with Gasteiger partial charge in [0.1, 0.15) is 11.5 Å². The van der Waals surface area contributed by atoms with E-state index in [-0.39, 0.29) is 5.75 Å². The van der Waals surface area contributed by atoms with Gasteiger partial charge in [0.05, 0.1) is 5.56 Å². The molecule has 0 aromatic heterocycles. The number of carboxylic acids is 1. The SMILES string of the molecule is O=C(O)/C=C/c1cccc(OC(=O)c2ccc(O)cc2)c1. The molecule has 5 heteroatoms. The van der Waals surface area contributed by atoms with E-state index in [0.717, 1.165) is 6.08 Å². The van der Waals surface area contributed by atoms with Crippen molar-refractivity contribution in [2.24, 2.45) is 0 Å². The fourth-order valence-electron chi connectivity index (χ4n) is 1.61. The molecular formula is C16H12O5. The maximum atomic E-state index is 11.9. The topological polar surface area (TPSA) is 83.8 Å². The van der Waals surface area contributed by atoms with Crippen LogP contribution in [-0.2, 0) is 4.79 Å². The molecule has 2 N–H and O–H groups in total. The Morgan fingerprint density at radius 1 is 1.05 bits per heavy atom. The highest BCUT2D eigenvalue weighted by molar-refractivity contribution is 5.91. The number of esters is 1. The lowest BCUT2D eigenvalue weighted by Crippen LogP contribution is -2.08. The summed E-state index contributed by atoms with van der Waals surface area (Å²) in [5.74, 6) is -1.25. The van der Waals surface area contributed by atoms with Crippen molar-refractivity contribution in [3.8, 4) is 11.5 Å². The first-order chi connectivity index (χ1) is 10.0. The van der Waals surface area contributed by atoms with Crippen LogP contribution < -0.4 is 4.74 Å². The van der Waals surface area contributed by atoms with Crippen molar-refractivity contribution >= 4 is 18.0 Å². The molecule has 0 bridgehead atoms. The van der Waals surface area contributed by atoms with Gasteiger partial charge in [-0.05, 0) is 48.0 Å². The summed E-state index contributed by atoms with van der Waals surface area (Å²) >= 11 is 0. The number of hydrogen-bond acceptors (Lipinski definition) is 4. The Morgan fingerprint density at radius 3 is 2.43 bits per heavy atom. The van der Waals surface area contributed by atoms with E-state index in [2.05, 4.69) is 0 Å². The molecule has 0 saturated carbocycles. The zero-order valence-electron chi connectivity index (χ0n) is 10.9. The first-order valence-corrected chi connectivity index (χ1v) is 6.07. The van der Waals surface area contributed by atoms with E-state index < -0.39 is 11.9 Å². The predicted octanol–water partition coefficient (Wildman–Crippen LogP) is 2.71. The number of carbonyl (C=O) groups excluding carboxylic acids is 1. The zero-order chi connectivity index (χ0) is 15.2. The number of rotatable bonds is 4. The number of benzene rings is 2. The van der Waals surface area contributed by atoms with Crippen LogP contribution >= 0.6 is 0 Å². The van der Waals surface area contributed by atoms with E-state index in [9.17, 15) is 9.59 Å². The number of carbonyl (C=O) groups is 2. The van der Waals surface area contributed by atoms with E-state index in [4.69, 9.17) is 14.9 Å². The van der Waals surface area contributed by atoms with Gasteiger partial charge in [-0.3, -0.25) is 0 Å². The molecule has 2 aromatic rings. The van der Waals surface area contributed by atoms with Gasteiger partial charge < -0.3 is 14.9 Å². The second kappa shape index (κ2) is 6.38. The van der Waals surface area contributed by atoms with Gasteiger partial charge in [0, 0.05) is 6.08 Å². The van der Waals surface area contributed by atoms with Crippen LogP contribution in [0.5, 0.6) is 11.5 Å². The molecule has 0 aliphatic heterocycles. The normalized spacial score (nSPS) is 10.5. The van der Waals surface area contributed by atoms with Crippen LogP contribution in [0.4, 0.5) is 0 Å². The van der Waals surface area contributed by atoms with E-state index in [0.29, 0.717) is 16.9 Å². The van der Waals surface area contributed by atoms with Crippen molar-refractivity contribution in [2.75, 3.05) is 0 Å². The van der Waals surface area contributed by atoms with Gasteiger partial charge >= 0.3 is 11.9 Å². The molecule has 106 valence electrons. The molecule has 0 unspecified atom stereocenters. The summed E-state index contributed by atoms with van der Waals surface area (Å²) in [7, 11) is 0. The summed E-state index contributed by atoms with van der Waals surface area (Å²) < 4.78 is 5.19. The minimum Gasteiger partial charge on any atom is -0.508 e. The van der Waals surface area contributed by atoms with Crippen molar-refractivity contribution in [3.63, 3.8) is 0 Å². The molecule has 21 heavy (non-hydrogen) atoms. The Hall–Kier alpha value is -3.08. The maximum Gasteiger partial charge on any atom is 0.343 e. The molecule has 0 heterocycles. The smallest absolute Gasteiger partial charge is 0.343 e. The Bertz CT molecular complexity index is 686. The fourth-order valence-corrected chi connectivity index (χ4v) is 1.61. The van der Waals surface area contributed by atoms with Crippen molar-refractivity contribution in [2.45, 2.75) is 0 Å². The molecule has 0 aliphatic rings. The second-order valence-corrected chi connectivity index (χ2v) is 4.18. The summed E-state index contributed by atoms with van der Waals surface area (Å²) in [6.07, 6.45) is 2.40. The number of aliphatic carboxylic acids is 1. The van der Waals surface area contributed by atoms with Gasteiger partial charge in [0.25, 0.3) is 0 Å². The predicted molar refractivity (Wildman–Crippen MR) is 76.2 cm³/mol. The first-order valence-electron chi connectivity index (χ1n) is 6.07. The highest BCUT2D eigenvalue weighted by atomic mass is 16.5. The molecule has 0 radical (unpaired) electrons. The van der Waals surface area contributed by atoms with Crippen molar-refractivity contribution in [3.05, 3.63) is 65.7 Å². The molecule has 5 nitrogen and oxygen atoms in total. The van der Waals surface area contributed by atoms with Crippen LogP contribution in [0.3, 0.4) is 0 Å². The average Bonchev–Trinajstić information content (AvgIpc) is 2.46. The molecule has 2 aromatic carbocycles. The van der Waals surface area contributed by atoms with Crippen molar-refractivity contribution in [1.29, 1.82) is 0 Å². The van der Waals surface area contributed by atoms with Crippen LogP contribution in [0, 0.1) is 0 Å². The van der Waals surface area contributed by atoms with E-state index in [1.165, 1.54) is 30.3 Å². The summed E-state index contributed by atoms with van der Waals surface area (Å²) in [6, 6.07) is 12.2. The van der Waals surface area contributed by atoms with Gasteiger partial charge in [-0.25, -0.2) is 9.59 Å². The molecule has 0 atom stereocenters. The Balaban J connectivity index is 2.12. The fraction of sp³-hybridized carbons (Fsp3) is 0. The van der Waals surface area contributed by atoms with E-state index >= 15 is 0 Å². The van der Waals surface area contributed by atoms with Crippen LogP contribution in [0.25, 0.3) is 6.08 Å². The lowest BCUT2D eigenvalue weighted by molar-refractivity contribution is -0.131. The third kappa shape index (κ3) is 4.21. The molecular weight excluding hydrogens is 272 g/mol. The number of carboxylic acid groups (broad SMARTS) is 1. The quantitative estimate of drug-likeness (QED) is 0.512. The average molecular weight is 284 g/mol. The molecule has 2 rings (SSSR count). The highest BCUT2D eigenvalue weighted by Gasteiger charge is 2.08. The summed E-state index contributed by atoms with van der Waals surface area (Å²) in [4.78, 5) is 22.3. The molecule has 0 aliphatic carbocycles.